The highest BCUT2D eigenvalue weighted by Gasteiger charge is 2.30. The standard InChI is InChI=1S/C14H27NO4/c1-14(2,3)19-13(18)15-11(9-16)12(17)10-7-5-4-6-8-10/h10-12,16-17H,4-9H2,1-3H3,(H,15,18)/t11-,12+/m0/s1. The quantitative estimate of drug-likeness (QED) is 0.730. The molecule has 0 aromatic carbocycles. The van der Waals surface area contributed by atoms with Crippen LogP contribution in [0.4, 0.5) is 4.79 Å². The average molecular weight is 273 g/mol. The first-order valence-corrected chi connectivity index (χ1v) is 7.12. The minimum absolute atomic E-state index is 0.154. The van der Waals surface area contributed by atoms with Gasteiger partial charge in [-0.2, -0.15) is 0 Å². The molecule has 19 heavy (non-hydrogen) atoms. The van der Waals surface area contributed by atoms with Gasteiger partial charge in [0.2, 0.25) is 0 Å². The molecule has 1 saturated carbocycles. The molecule has 0 aliphatic heterocycles. The Kier molecular flexibility index (Phi) is 6.07. The third-order valence-corrected chi connectivity index (χ3v) is 3.44. The summed E-state index contributed by atoms with van der Waals surface area (Å²) in [6.07, 6.45) is 4.01. The van der Waals surface area contributed by atoms with Gasteiger partial charge in [-0.05, 0) is 39.5 Å². The van der Waals surface area contributed by atoms with Crippen molar-refractivity contribution < 1.29 is 19.7 Å². The summed E-state index contributed by atoms with van der Waals surface area (Å²) in [6.45, 7) is 5.05. The molecular weight excluding hydrogens is 246 g/mol. The van der Waals surface area contributed by atoms with E-state index in [4.69, 9.17) is 4.74 Å². The van der Waals surface area contributed by atoms with Gasteiger partial charge in [-0.25, -0.2) is 4.79 Å². The van der Waals surface area contributed by atoms with Crippen LogP contribution >= 0.6 is 0 Å². The van der Waals surface area contributed by atoms with Crippen molar-refractivity contribution >= 4 is 6.09 Å². The Morgan fingerprint density at radius 3 is 2.37 bits per heavy atom. The number of aliphatic hydroxyl groups is 2. The van der Waals surface area contributed by atoms with Gasteiger partial charge in [-0.3, -0.25) is 0 Å². The molecule has 0 radical (unpaired) electrons. The van der Waals surface area contributed by atoms with E-state index in [0.717, 1.165) is 25.7 Å². The van der Waals surface area contributed by atoms with Gasteiger partial charge < -0.3 is 20.3 Å². The fourth-order valence-corrected chi connectivity index (χ4v) is 2.50. The molecule has 0 bridgehead atoms. The SMILES string of the molecule is CC(C)(C)OC(=O)N[C@@H](CO)[C@H](O)C1CCCCC1. The van der Waals surface area contributed by atoms with Gasteiger partial charge in [-0.15, -0.1) is 0 Å². The molecule has 0 unspecified atom stereocenters. The van der Waals surface area contributed by atoms with E-state index in [1.54, 1.807) is 20.8 Å². The van der Waals surface area contributed by atoms with Crippen molar-refractivity contribution in [3.8, 4) is 0 Å². The lowest BCUT2D eigenvalue weighted by Crippen LogP contribution is -2.50. The summed E-state index contributed by atoms with van der Waals surface area (Å²) in [7, 11) is 0. The molecule has 1 aliphatic rings. The first-order chi connectivity index (χ1) is 8.83. The van der Waals surface area contributed by atoms with Gasteiger partial charge in [0.25, 0.3) is 0 Å². The fourth-order valence-electron chi connectivity index (χ4n) is 2.50. The number of nitrogens with one attached hydrogen (secondary N) is 1. The third kappa shape index (κ3) is 5.78. The monoisotopic (exact) mass is 273 g/mol. The molecule has 0 spiro atoms. The van der Waals surface area contributed by atoms with E-state index in [0.29, 0.717) is 0 Å². The fraction of sp³-hybridized carbons (Fsp3) is 0.929. The number of alkyl carbamates (subject to hydrolysis) is 1. The van der Waals surface area contributed by atoms with E-state index in [-0.39, 0.29) is 12.5 Å². The van der Waals surface area contributed by atoms with Gasteiger partial charge in [0, 0.05) is 0 Å². The molecule has 2 atom stereocenters. The number of carbonyl (C=O) groups is 1. The van der Waals surface area contributed by atoms with Crippen LogP contribution in [0.1, 0.15) is 52.9 Å². The Balaban J connectivity index is 2.49. The van der Waals surface area contributed by atoms with Crippen molar-refractivity contribution in [2.45, 2.75) is 70.6 Å². The maximum absolute atomic E-state index is 11.7. The Labute approximate surface area is 115 Å². The summed E-state index contributed by atoms with van der Waals surface area (Å²) in [5.74, 6) is 0.154. The van der Waals surface area contributed by atoms with Crippen molar-refractivity contribution in [3.05, 3.63) is 0 Å². The largest absolute Gasteiger partial charge is 0.444 e. The van der Waals surface area contributed by atoms with Gasteiger partial charge >= 0.3 is 6.09 Å². The summed E-state index contributed by atoms with van der Waals surface area (Å²) in [6, 6.07) is -0.655. The van der Waals surface area contributed by atoms with Crippen molar-refractivity contribution in [1.29, 1.82) is 0 Å². The van der Waals surface area contributed by atoms with E-state index >= 15 is 0 Å². The molecule has 0 aromatic heterocycles. The molecule has 3 N–H and O–H groups in total. The van der Waals surface area contributed by atoms with Crippen LogP contribution in [0.2, 0.25) is 0 Å². The van der Waals surface area contributed by atoms with Gasteiger partial charge in [-0.1, -0.05) is 19.3 Å². The summed E-state index contributed by atoms with van der Waals surface area (Å²) < 4.78 is 5.14. The summed E-state index contributed by atoms with van der Waals surface area (Å²) in [5, 5.41) is 22.2. The van der Waals surface area contributed by atoms with E-state index in [9.17, 15) is 15.0 Å². The molecule has 0 saturated heterocycles. The second-order valence-corrected chi connectivity index (χ2v) is 6.32. The smallest absolute Gasteiger partial charge is 0.408 e. The molecule has 1 amide bonds. The molecular formula is C14H27NO4. The zero-order valence-electron chi connectivity index (χ0n) is 12.2. The Hall–Kier alpha value is -0.810. The Bertz CT molecular complexity index is 282. The van der Waals surface area contributed by atoms with Gasteiger partial charge in [0.1, 0.15) is 5.60 Å². The Morgan fingerprint density at radius 2 is 1.89 bits per heavy atom. The maximum Gasteiger partial charge on any atom is 0.408 e. The summed E-state index contributed by atoms with van der Waals surface area (Å²) in [5.41, 5.74) is -0.583. The number of aliphatic hydroxyl groups excluding tert-OH is 2. The van der Waals surface area contributed by atoms with E-state index in [2.05, 4.69) is 5.32 Å². The number of hydrogen-bond acceptors (Lipinski definition) is 4. The highest BCUT2D eigenvalue weighted by Crippen LogP contribution is 2.27. The zero-order valence-corrected chi connectivity index (χ0v) is 12.2. The van der Waals surface area contributed by atoms with E-state index in [1.165, 1.54) is 6.42 Å². The lowest BCUT2D eigenvalue weighted by molar-refractivity contribution is 0.0127. The second kappa shape index (κ2) is 7.10. The summed E-state index contributed by atoms with van der Waals surface area (Å²) >= 11 is 0. The van der Waals surface area contributed by atoms with E-state index in [1.807, 2.05) is 0 Å². The predicted molar refractivity (Wildman–Crippen MR) is 72.8 cm³/mol. The number of rotatable bonds is 4. The first-order valence-electron chi connectivity index (χ1n) is 7.12. The van der Waals surface area contributed by atoms with Crippen LogP contribution in [0.3, 0.4) is 0 Å². The molecule has 0 aromatic rings. The highest BCUT2D eigenvalue weighted by atomic mass is 16.6. The third-order valence-electron chi connectivity index (χ3n) is 3.44. The zero-order chi connectivity index (χ0) is 14.5. The predicted octanol–water partition coefficient (Wildman–Crippen LogP) is 1.81. The molecule has 5 nitrogen and oxygen atoms in total. The average Bonchev–Trinajstić information content (AvgIpc) is 2.34. The van der Waals surface area contributed by atoms with Crippen LogP contribution in [0.15, 0.2) is 0 Å². The highest BCUT2D eigenvalue weighted by molar-refractivity contribution is 5.68. The molecule has 1 aliphatic carbocycles. The van der Waals surface area contributed by atoms with Crippen LogP contribution in [0, 0.1) is 5.92 Å². The molecule has 1 fully saturated rings. The number of carbonyl (C=O) groups excluding carboxylic acids is 1. The van der Waals surface area contributed by atoms with Gasteiger partial charge in [0.05, 0.1) is 18.8 Å². The molecule has 0 heterocycles. The lowest BCUT2D eigenvalue weighted by atomic mass is 9.83. The van der Waals surface area contributed by atoms with Crippen LogP contribution in [-0.4, -0.2) is 40.7 Å². The van der Waals surface area contributed by atoms with Crippen molar-refractivity contribution in [3.63, 3.8) is 0 Å². The van der Waals surface area contributed by atoms with Crippen LogP contribution in [0.25, 0.3) is 0 Å². The second-order valence-electron chi connectivity index (χ2n) is 6.32. The number of amides is 1. The molecule has 5 heteroatoms. The van der Waals surface area contributed by atoms with Gasteiger partial charge in [0.15, 0.2) is 0 Å². The lowest BCUT2D eigenvalue weighted by Gasteiger charge is -2.32. The normalized spacial score (nSPS) is 20.7. The summed E-state index contributed by atoms with van der Waals surface area (Å²) in [4.78, 5) is 11.7. The Morgan fingerprint density at radius 1 is 1.32 bits per heavy atom. The van der Waals surface area contributed by atoms with Crippen LogP contribution in [-0.2, 0) is 4.74 Å². The number of hydrogen-bond donors (Lipinski definition) is 3. The topological polar surface area (TPSA) is 78.8 Å². The minimum atomic E-state index is -0.710. The van der Waals surface area contributed by atoms with E-state index < -0.39 is 23.8 Å². The van der Waals surface area contributed by atoms with Crippen molar-refractivity contribution in [2.75, 3.05) is 6.61 Å². The van der Waals surface area contributed by atoms with Crippen molar-refractivity contribution in [2.24, 2.45) is 5.92 Å². The first kappa shape index (κ1) is 16.2. The molecule has 1 rings (SSSR count). The molecule has 112 valence electrons. The van der Waals surface area contributed by atoms with Crippen LogP contribution < -0.4 is 5.32 Å². The number of ether oxygens (including phenoxy) is 1. The van der Waals surface area contributed by atoms with Crippen LogP contribution in [0.5, 0.6) is 0 Å². The maximum atomic E-state index is 11.7. The van der Waals surface area contributed by atoms with Crippen molar-refractivity contribution in [1.82, 2.24) is 5.32 Å². The minimum Gasteiger partial charge on any atom is -0.444 e.